The average Bonchev–Trinajstić information content (AvgIpc) is 2.96. The number of rotatable bonds is 6. The minimum Gasteiger partial charge on any atom is -0.447 e. The van der Waals surface area contributed by atoms with Crippen molar-refractivity contribution >= 4 is 21.8 Å². The van der Waals surface area contributed by atoms with Gasteiger partial charge in [0, 0.05) is 11.3 Å². The van der Waals surface area contributed by atoms with Gasteiger partial charge in [0.25, 0.3) is 10.0 Å². The van der Waals surface area contributed by atoms with Gasteiger partial charge >= 0.3 is 0 Å². The Balaban J connectivity index is 2.04. The second kappa shape index (κ2) is 6.51. The molecule has 0 amide bonds. The summed E-state index contributed by atoms with van der Waals surface area (Å²) in [6.45, 7) is 0.652. The van der Waals surface area contributed by atoms with Crippen LogP contribution in [0, 0.1) is 0 Å². The summed E-state index contributed by atoms with van der Waals surface area (Å²) in [5.74, 6) is 0.475. The summed E-state index contributed by atoms with van der Waals surface area (Å²) in [6, 6.07) is 3.05. The molecule has 0 saturated heterocycles. The van der Waals surface area contributed by atoms with Crippen molar-refractivity contribution in [2.75, 3.05) is 12.8 Å². The molecular weight excluding hydrogens is 296 g/mol. The maximum absolute atomic E-state index is 12.2. The number of nitrogens with two attached hydrogens (primary N) is 1. The Morgan fingerprint density at radius 2 is 2.05 bits per heavy atom. The number of thioether (sulfide) groups is 1. The smallest absolute Gasteiger partial charge is 0.274 e. The molecule has 0 unspecified atom stereocenters. The Hall–Kier alpha value is -0.500. The first kappa shape index (κ1) is 15.9. The maximum Gasteiger partial charge on any atom is 0.274 e. The van der Waals surface area contributed by atoms with Gasteiger partial charge in [0.2, 0.25) is 5.09 Å². The van der Waals surface area contributed by atoms with Crippen LogP contribution in [-0.4, -0.2) is 26.0 Å². The molecule has 0 radical (unpaired) electrons. The van der Waals surface area contributed by atoms with Crippen molar-refractivity contribution < 1.29 is 12.8 Å². The molecule has 2 rings (SSSR count). The Morgan fingerprint density at radius 1 is 1.35 bits per heavy atom. The van der Waals surface area contributed by atoms with Crippen molar-refractivity contribution in [1.29, 1.82) is 0 Å². The van der Waals surface area contributed by atoms with Crippen LogP contribution in [0.3, 0.4) is 0 Å². The van der Waals surface area contributed by atoms with Crippen LogP contribution in [0.25, 0.3) is 0 Å². The van der Waals surface area contributed by atoms with Crippen LogP contribution in [0.2, 0.25) is 0 Å². The molecule has 1 fully saturated rings. The summed E-state index contributed by atoms with van der Waals surface area (Å²) in [7, 11) is -3.58. The lowest BCUT2D eigenvalue weighted by Crippen LogP contribution is -2.41. The number of hydrogen-bond donors (Lipinski definition) is 2. The molecule has 1 aromatic rings. The van der Waals surface area contributed by atoms with Gasteiger partial charge in [-0.15, -0.1) is 0 Å². The van der Waals surface area contributed by atoms with Gasteiger partial charge in [-0.05, 0) is 31.2 Å². The van der Waals surface area contributed by atoms with E-state index in [0.29, 0.717) is 12.3 Å². The molecule has 0 spiro atoms. The molecule has 5 nitrogen and oxygen atoms in total. The van der Waals surface area contributed by atoms with E-state index in [0.717, 1.165) is 12.8 Å². The summed E-state index contributed by atoms with van der Waals surface area (Å²) in [6.07, 6.45) is 7.75. The Labute approximate surface area is 124 Å². The van der Waals surface area contributed by atoms with Crippen molar-refractivity contribution in [2.24, 2.45) is 5.73 Å². The van der Waals surface area contributed by atoms with Gasteiger partial charge in [-0.1, -0.05) is 19.3 Å². The zero-order chi connectivity index (χ0) is 14.6. The van der Waals surface area contributed by atoms with E-state index < -0.39 is 10.0 Å². The molecule has 0 bridgehead atoms. The van der Waals surface area contributed by atoms with Crippen molar-refractivity contribution in [3.8, 4) is 0 Å². The van der Waals surface area contributed by atoms with Gasteiger partial charge in [-0.25, -0.2) is 13.1 Å². The zero-order valence-corrected chi connectivity index (χ0v) is 13.4. The molecule has 114 valence electrons. The lowest BCUT2D eigenvalue weighted by Gasteiger charge is -2.35. The Morgan fingerprint density at radius 3 is 2.60 bits per heavy atom. The number of furan rings is 1. The first-order valence-corrected chi connectivity index (χ1v) is 9.56. The molecule has 1 aliphatic carbocycles. The van der Waals surface area contributed by atoms with Crippen molar-refractivity contribution in [3.05, 3.63) is 17.9 Å². The van der Waals surface area contributed by atoms with Gasteiger partial charge in [-0.2, -0.15) is 11.8 Å². The molecule has 1 aromatic heterocycles. The van der Waals surface area contributed by atoms with E-state index in [9.17, 15) is 8.42 Å². The van der Waals surface area contributed by atoms with Gasteiger partial charge < -0.3 is 10.2 Å². The van der Waals surface area contributed by atoms with E-state index in [-0.39, 0.29) is 16.4 Å². The third kappa shape index (κ3) is 3.58. The second-order valence-electron chi connectivity index (χ2n) is 5.20. The van der Waals surface area contributed by atoms with Crippen molar-refractivity contribution in [1.82, 2.24) is 4.72 Å². The highest BCUT2D eigenvalue weighted by Crippen LogP contribution is 2.38. The fraction of sp³-hybridized carbons (Fsp3) is 0.692. The second-order valence-corrected chi connectivity index (χ2v) is 8.17. The number of sulfonamides is 1. The van der Waals surface area contributed by atoms with Gasteiger partial charge in [0.05, 0.1) is 6.54 Å². The molecule has 0 aromatic carbocycles. The summed E-state index contributed by atoms with van der Waals surface area (Å²) in [4.78, 5) is 0. The summed E-state index contributed by atoms with van der Waals surface area (Å²) in [5.41, 5.74) is 5.43. The summed E-state index contributed by atoms with van der Waals surface area (Å²) < 4.78 is 32.3. The lowest BCUT2D eigenvalue weighted by molar-refractivity contribution is 0.387. The third-order valence-electron chi connectivity index (χ3n) is 3.89. The molecule has 0 atom stereocenters. The molecule has 20 heavy (non-hydrogen) atoms. The molecule has 1 heterocycles. The van der Waals surface area contributed by atoms with E-state index in [1.54, 1.807) is 17.8 Å². The van der Waals surface area contributed by atoms with Crippen LogP contribution in [-0.2, 0) is 16.6 Å². The standard InChI is InChI=1S/C13H22N2O3S2/c1-19-13(7-3-2-4-8-13)10-15-20(16,17)12-6-5-11(9-14)18-12/h5-6,15H,2-4,7-10,14H2,1H3. The van der Waals surface area contributed by atoms with Crippen LogP contribution in [0.5, 0.6) is 0 Å². The van der Waals surface area contributed by atoms with E-state index in [1.807, 2.05) is 0 Å². The quantitative estimate of drug-likeness (QED) is 0.839. The van der Waals surface area contributed by atoms with Gasteiger partial charge in [0.15, 0.2) is 0 Å². The Bertz CT molecular complexity index is 534. The first-order chi connectivity index (χ1) is 9.51. The van der Waals surface area contributed by atoms with Gasteiger partial charge in [-0.3, -0.25) is 0 Å². The fourth-order valence-electron chi connectivity index (χ4n) is 2.56. The van der Waals surface area contributed by atoms with E-state index >= 15 is 0 Å². The van der Waals surface area contributed by atoms with Crippen LogP contribution in [0.15, 0.2) is 21.6 Å². The van der Waals surface area contributed by atoms with Crippen molar-refractivity contribution in [3.63, 3.8) is 0 Å². The number of hydrogen-bond acceptors (Lipinski definition) is 5. The monoisotopic (exact) mass is 318 g/mol. The predicted octanol–water partition coefficient (Wildman–Crippen LogP) is 2.08. The summed E-state index contributed by atoms with van der Waals surface area (Å²) >= 11 is 1.76. The normalized spacial score (nSPS) is 19.1. The van der Waals surface area contributed by atoms with Gasteiger partial charge in [0.1, 0.15) is 5.76 Å². The summed E-state index contributed by atoms with van der Waals surface area (Å²) in [5, 5.41) is -0.0509. The van der Waals surface area contributed by atoms with Crippen molar-refractivity contribution in [2.45, 2.75) is 48.5 Å². The molecule has 1 saturated carbocycles. The SMILES string of the molecule is CSC1(CNS(=O)(=O)c2ccc(CN)o2)CCCCC1. The third-order valence-corrected chi connectivity index (χ3v) is 6.58. The topological polar surface area (TPSA) is 85.3 Å². The lowest BCUT2D eigenvalue weighted by atomic mass is 9.88. The zero-order valence-electron chi connectivity index (χ0n) is 11.7. The highest BCUT2D eigenvalue weighted by Gasteiger charge is 2.33. The van der Waals surface area contributed by atoms with Crippen LogP contribution in [0.1, 0.15) is 37.9 Å². The molecular formula is C13H22N2O3S2. The molecule has 1 aliphatic rings. The van der Waals surface area contributed by atoms with Crippen LogP contribution >= 0.6 is 11.8 Å². The highest BCUT2D eigenvalue weighted by atomic mass is 32.2. The van der Waals surface area contributed by atoms with E-state index in [4.69, 9.17) is 10.2 Å². The molecule has 0 aliphatic heterocycles. The molecule has 3 N–H and O–H groups in total. The van der Waals surface area contributed by atoms with Crippen LogP contribution < -0.4 is 10.5 Å². The highest BCUT2D eigenvalue weighted by molar-refractivity contribution is 8.00. The largest absolute Gasteiger partial charge is 0.447 e. The average molecular weight is 318 g/mol. The Kier molecular flexibility index (Phi) is 5.17. The predicted molar refractivity (Wildman–Crippen MR) is 81.1 cm³/mol. The fourth-order valence-corrected chi connectivity index (χ4v) is 4.64. The minimum absolute atomic E-state index is 0.0224. The molecule has 7 heteroatoms. The first-order valence-electron chi connectivity index (χ1n) is 6.85. The number of nitrogens with one attached hydrogen (secondary N) is 1. The maximum atomic E-state index is 12.2. The van der Waals surface area contributed by atoms with E-state index in [2.05, 4.69) is 11.0 Å². The minimum atomic E-state index is -3.58. The van der Waals surface area contributed by atoms with E-state index in [1.165, 1.54) is 25.3 Å². The van der Waals surface area contributed by atoms with Crippen LogP contribution in [0.4, 0.5) is 0 Å².